The Morgan fingerprint density at radius 3 is 0.843 bits per heavy atom. The summed E-state index contributed by atoms with van der Waals surface area (Å²) in [4.78, 5) is 79.6. The Morgan fingerprint density at radius 2 is 0.639 bits per heavy atom. The molecule has 33 heteroatoms. The highest BCUT2D eigenvalue weighted by molar-refractivity contribution is 6.34. The van der Waals surface area contributed by atoms with Crippen LogP contribution in [0.25, 0.3) is 49.9 Å². The SMILES string of the molecule is CC(C)Oc1c(C(C)c2nc(Cl)c3c(N)nccn23)cc(Cl)c(F)c1-c1ccc(C(=O)N(C)C)nc1.CC(C)Oc1c([C@@H](C)c2nc(Cl)c3c(N)nccn23)cc(Cl)c(F)c1-c1ccc(C(=O)N(C)C)nc1.CC(C)Oc1c([C@H](C)c2nc(Cl)c3c(N)nccn23)cc(Cl)c(F)c1-c1ccc(C(=O)N(C)C)nc1. The first kappa shape index (κ1) is 80.3. The highest BCUT2D eigenvalue weighted by atomic mass is 35.5. The Hall–Kier alpha value is -10.3. The van der Waals surface area contributed by atoms with Gasteiger partial charge in [-0.25, -0.2) is 43.1 Å². The number of imidazole rings is 3. The van der Waals surface area contributed by atoms with Crippen molar-refractivity contribution in [2.45, 2.75) is 98.4 Å². The first-order valence-corrected chi connectivity index (χ1v) is 35.7. The molecule has 0 saturated heterocycles. The number of anilines is 3. The molecule has 0 saturated carbocycles. The van der Waals surface area contributed by atoms with Gasteiger partial charge in [-0.3, -0.25) is 42.5 Å². The normalized spacial score (nSPS) is 12.2. The predicted molar refractivity (Wildman–Crippen MR) is 415 cm³/mol. The monoisotopic (exact) mass is 1590 g/mol. The molecule has 24 nitrogen and oxygen atoms in total. The molecular formula is C75H75Cl6F3N18O6. The molecule has 108 heavy (non-hydrogen) atoms. The molecule has 0 spiro atoms. The number of hydrogen-bond acceptors (Lipinski definition) is 18. The van der Waals surface area contributed by atoms with Gasteiger partial charge >= 0.3 is 0 Å². The van der Waals surface area contributed by atoms with Gasteiger partial charge in [0.15, 0.2) is 50.4 Å². The van der Waals surface area contributed by atoms with Crippen LogP contribution >= 0.6 is 69.6 Å². The van der Waals surface area contributed by atoms with Gasteiger partial charge in [-0.1, -0.05) is 109 Å². The van der Waals surface area contributed by atoms with Crippen LogP contribution in [0.2, 0.25) is 30.5 Å². The molecule has 0 aliphatic heterocycles. The number of aromatic nitrogens is 12. The fourth-order valence-corrected chi connectivity index (χ4v) is 13.3. The summed E-state index contributed by atoms with van der Waals surface area (Å²) in [7, 11) is 9.79. The number of halogens is 9. The van der Waals surface area contributed by atoms with Gasteiger partial charge in [0, 0.05) is 149 Å². The van der Waals surface area contributed by atoms with Crippen molar-refractivity contribution in [3.05, 3.63) is 210 Å². The minimum atomic E-state index is -0.656. The lowest BCUT2D eigenvalue weighted by Crippen LogP contribution is -2.22. The third-order valence-corrected chi connectivity index (χ3v) is 18.6. The largest absolute Gasteiger partial charge is 0.490 e. The summed E-state index contributed by atoms with van der Waals surface area (Å²) in [5, 5.41) is 0.325. The summed E-state index contributed by atoms with van der Waals surface area (Å²) in [5.41, 5.74) is 23.6. The summed E-state index contributed by atoms with van der Waals surface area (Å²) in [6, 6.07) is 14.1. The molecule has 9 aromatic heterocycles. The van der Waals surface area contributed by atoms with Crippen LogP contribution in [-0.2, 0) is 0 Å². The Labute approximate surface area is 649 Å². The van der Waals surface area contributed by atoms with E-state index in [0.717, 1.165) is 0 Å². The van der Waals surface area contributed by atoms with E-state index in [0.29, 0.717) is 84.7 Å². The van der Waals surface area contributed by atoms with E-state index in [2.05, 4.69) is 44.9 Å². The van der Waals surface area contributed by atoms with E-state index in [9.17, 15) is 14.4 Å². The number of nitrogen functional groups attached to an aromatic ring is 3. The third kappa shape index (κ3) is 16.3. The maximum absolute atomic E-state index is 15.6. The summed E-state index contributed by atoms with van der Waals surface area (Å²) in [5.74, 6) is -0.801. The molecule has 0 aliphatic carbocycles. The van der Waals surface area contributed by atoms with Crippen molar-refractivity contribution in [1.82, 2.24) is 72.8 Å². The average molecular weight is 1590 g/mol. The lowest BCUT2D eigenvalue weighted by Gasteiger charge is -2.23. The number of nitrogens with two attached hydrogens (primary N) is 3. The third-order valence-electron chi connectivity index (χ3n) is 17.0. The molecule has 9 heterocycles. The maximum atomic E-state index is 15.6. The van der Waals surface area contributed by atoms with Crippen molar-refractivity contribution >= 4 is 121 Å². The highest BCUT2D eigenvalue weighted by Gasteiger charge is 2.33. The maximum Gasteiger partial charge on any atom is 0.271 e. The quantitative estimate of drug-likeness (QED) is 0.0719. The number of ether oxygens (including phenoxy) is 3. The molecule has 0 bridgehead atoms. The zero-order valence-corrected chi connectivity index (χ0v) is 65.7. The number of nitrogens with zero attached hydrogens (tertiary/aromatic N) is 15. The van der Waals surface area contributed by atoms with Gasteiger partial charge in [0.1, 0.15) is 68.4 Å². The van der Waals surface area contributed by atoms with Crippen molar-refractivity contribution < 1.29 is 41.8 Å². The first-order chi connectivity index (χ1) is 51.0. The van der Waals surface area contributed by atoms with Crippen LogP contribution in [0.15, 0.2) is 110 Å². The molecule has 1 unspecified atom stereocenters. The number of hydrogen-bond donors (Lipinski definition) is 3. The van der Waals surface area contributed by atoms with Crippen molar-refractivity contribution in [2.24, 2.45) is 0 Å². The summed E-state index contributed by atoms with van der Waals surface area (Å²) < 4.78 is 70.4. The average Bonchev–Trinajstić information content (AvgIpc) is 1.44. The second kappa shape index (κ2) is 33.1. The lowest BCUT2D eigenvalue weighted by molar-refractivity contribution is 0.0815. The number of fused-ring (bicyclic) bond motifs is 3. The van der Waals surface area contributed by atoms with Gasteiger partial charge in [-0.15, -0.1) is 0 Å². The zero-order valence-electron chi connectivity index (χ0n) is 61.1. The van der Waals surface area contributed by atoms with E-state index < -0.39 is 35.2 Å². The van der Waals surface area contributed by atoms with Crippen LogP contribution in [0.1, 0.15) is 146 Å². The lowest BCUT2D eigenvalue weighted by atomic mass is 9.93. The molecule has 3 aromatic carbocycles. The fraction of sp³-hybridized carbons (Fsp3) is 0.280. The number of pyridine rings is 3. The van der Waals surface area contributed by atoms with Crippen LogP contribution in [0.4, 0.5) is 30.6 Å². The van der Waals surface area contributed by atoms with E-state index in [1.54, 1.807) is 111 Å². The summed E-state index contributed by atoms with van der Waals surface area (Å²) in [6.07, 6.45) is 13.2. The molecule has 6 N–H and O–H groups in total. The van der Waals surface area contributed by atoms with E-state index in [-0.39, 0.29) is 118 Å². The van der Waals surface area contributed by atoms with Gasteiger partial charge in [0.05, 0.1) is 50.1 Å². The number of amides is 3. The number of carbonyl (C=O) groups excluding carboxylic acids is 3. The van der Waals surface area contributed by atoms with Gasteiger partial charge in [0.2, 0.25) is 0 Å². The molecule has 0 radical (unpaired) electrons. The van der Waals surface area contributed by atoms with Gasteiger partial charge in [-0.05, 0) is 77.9 Å². The van der Waals surface area contributed by atoms with E-state index >= 15 is 13.2 Å². The zero-order chi connectivity index (χ0) is 78.9. The van der Waals surface area contributed by atoms with Crippen LogP contribution < -0.4 is 31.4 Å². The molecule has 12 aromatic rings. The Kier molecular flexibility index (Phi) is 24.6. The molecule has 0 aliphatic rings. The smallest absolute Gasteiger partial charge is 0.271 e. The molecule has 564 valence electrons. The first-order valence-electron chi connectivity index (χ1n) is 33.5. The van der Waals surface area contributed by atoms with Crippen LogP contribution in [-0.4, -0.2) is 151 Å². The fourth-order valence-electron chi connectivity index (χ4n) is 11.9. The van der Waals surface area contributed by atoms with Gasteiger partial charge < -0.3 is 46.1 Å². The molecule has 12 rings (SSSR count). The molecule has 3 atom stereocenters. The number of benzene rings is 3. The van der Waals surface area contributed by atoms with Crippen LogP contribution in [0.3, 0.4) is 0 Å². The summed E-state index contributed by atoms with van der Waals surface area (Å²) in [6.45, 7) is 16.7. The van der Waals surface area contributed by atoms with E-state index in [1.807, 2.05) is 62.3 Å². The Balaban J connectivity index is 0.000000173. The second-order valence-electron chi connectivity index (χ2n) is 26.3. The van der Waals surface area contributed by atoms with Crippen molar-refractivity contribution in [3.8, 4) is 50.6 Å². The van der Waals surface area contributed by atoms with Crippen LogP contribution in [0.5, 0.6) is 17.2 Å². The summed E-state index contributed by atoms with van der Waals surface area (Å²) >= 11 is 38.3. The standard InChI is InChI=1S/3C25H25Cl2FN6O2/c3*1-12(2)36-21-15(13(3)24-32-22(27)20-23(29)30-8-9-34(20)24)10-16(26)19(28)18(21)14-6-7-17(31-11-14)25(35)33(4)5/h3*6-13H,1-5H3,(H2,29,30)/t2*13-;/m10./s1. The molecule has 0 fully saturated rings. The molecule has 3 amide bonds. The van der Waals surface area contributed by atoms with Crippen molar-refractivity contribution in [1.29, 1.82) is 0 Å². The van der Waals surface area contributed by atoms with E-state index in [1.165, 1.54) is 69.7 Å². The van der Waals surface area contributed by atoms with Gasteiger partial charge in [0.25, 0.3) is 17.7 Å². The Bertz CT molecular complexity index is 4890. The topological polar surface area (TPSA) is 296 Å². The van der Waals surface area contributed by atoms with Crippen molar-refractivity contribution in [3.63, 3.8) is 0 Å². The van der Waals surface area contributed by atoms with Crippen molar-refractivity contribution in [2.75, 3.05) is 59.5 Å². The second-order valence-corrected chi connectivity index (χ2v) is 28.6. The minimum Gasteiger partial charge on any atom is -0.490 e. The predicted octanol–water partition coefficient (Wildman–Crippen LogP) is 16.4. The Morgan fingerprint density at radius 1 is 0.398 bits per heavy atom. The highest BCUT2D eigenvalue weighted by Crippen LogP contribution is 2.49. The number of rotatable bonds is 18. The van der Waals surface area contributed by atoms with Crippen LogP contribution in [0, 0.1) is 17.5 Å². The van der Waals surface area contributed by atoms with Gasteiger partial charge in [-0.2, -0.15) is 0 Å². The minimum absolute atomic E-state index is 0.0930. The molecular weight excluding hydrogens is 1520 g/mol. The number of carbonyl (C=O) groups is 3. The van der Waals surface area contributed by atoms with E-state index in [4.69, 9.17) is 101 Å².